The molecule has 19 heavy (non-hydrogen) atoms. The second-order valence-electron chi connectivity index (χ2n) is 6.02. The Balaban J connectivity index is 2.13. The molecule has 0 radical (unpaired) electrons. The molecular weight excluding hydrogens is 234 g/mol. The number of nitrogen functional groups attached to an aromatic ring is 1. The molecule has 1 saturated carbocycles. The molecule has 102 valence electrons. The Kier molecular flexibility index (Phi) is 3.21. The van der Waals surface area contributed by atoms with Gasteiger partial charge in [-0.25, -0.2) is 4.98 Å². The first kappa shape index (κ1) is 12.5. The number of hydrogen-bond donors (Lipinski definition) is 1. The molecule has 0 bridgehead atoms. The minimum absolute atomic E-state index is 0.450. The topological polar surface area (TPSA) is 43.8 Å². The summed E-state index contributed by atoms with van der Waals surface area (Å²) in [6.07, 6.45) is 6.63. The van der Waals surface area contributed by atoms with Crippen LogP contribution in [0.5, 0.6) is 0 Å². The molecule has 3 heteroatoms. The molecule has 3 nitrogen and oxygen atoms in total. The Morgan fingerprint density at radius 2 is 1.95 bits per heavy atom. The van der Waals surface area contributed by atoms with Crippen molar-refractivity contribution >= 4 is 16.7 Å². The second-order valence-corrected chi connectivity index (χ2v) is 6.02. The highest BCUT2D eigenvalue weighted by Gasteiger charge is 2.23. The Labute approximate surface area is 114 Å². The van der Waals surface area contributed by atoms with Gasteiger partial charge in [-0.2, -0.15) is 0 Å². The van der Waals surface area contributed by atoms with Crippen LogP contribution in [-0.2, 0) is 0 Å². The minimum Gasteiger partial charge on any atom is -0.399 e. The average molecular weight is 257 g/mol. The van der Waals surface area contributed by atoms with Crippen molar-refractivity contribution in [1.29, 1.82) is 0 Å². The molecule has 1 aliphatic carbocycles. The van der Waals surface area contributed by atoms with Crippen LogP contribution in [0.25, 0.3) is 11.0 Å². The van der Waals surface area contributed by atoms with Crippen molar-refractivity contribution in [3.05, 3.63) is 24.0 Å². The Hall–Kier alpha value is -1.51. The fraction of sp³-hybridized carbons (Fsp3) is 0.562. The molecule has 0 atom stereocenters. The van der Waals surface area contributed by atoms with Crippen molar-refractivity contribution < 1.29 is 0 Å². The van der Waals surface area contributed by atoms with Gasteiger partial charge in [-0.1, -0.05) is 19.3 Å². The van der Waals surface area contributed by atoms with Gasteiger partial charge < -0.3 is 10.3 Å². The predicted octanol–water partition coefficient (Wildman–Crippen LogP) is 4.25. The molecule has 2 aromatic rings. The summed E-state index contributed by atoms with van der Waals surface area (Å²) in [5, 5.41) is 0. The Bertz CT molecular complexity index is 577. The molecule has 1 aromatic carbocycles. The van der Waals surface area contributed by atoms with Crippen LogP contribution in [0.4, 0.5) is 5.69 Å². The predicted molar refractivity (Wildman–Crippen MR) is 80.4 cm³/mol. The maximum Gasteiger partial charge on any atom is 0.113 e. The van der Waals surface area contributed by atoms with E-state index < -0.39 is 0 Å². The normalized spacial score (nSPS) is 17.4. The van der Waals surface area contributed by atoms with Crippen molar-refractivity contribution in [3.63, 3.8) is 0 Å². The first-order valence-electron chi connectivity index (χ1n) is 7.44. The van der Waals surface area contributed by atoms with E-state index in [9.17, 15) is 0 Å². The highest BCUT2D eigenvalue weighted by Crippen LogP contribution is 2.35. The molecule has 1 aromatic heterocycles. The molecule has 0 amide bonds. The third-order valence-electron chi connectivity index (χ3n) is 4.23. The summed E-state index contributed by atoms with van der Waals surface area (Å²) in [5.41, 5.74) is 8.97. The monoisotopic (exact) mass is 257 g/mol. The highest BCUT2D eigenvalue weighted by atomic mass is 15.1. The standard InChI is InChI=1S/C16H23N3/c1-11(2)19-15-9-8-13(17)10-14(15)18-16(19)12-6-4-3-5-7-12/h8-12H,3-7,17H2,1-2H3. The quantitative estimate of drug-likeness (QED) is 0.817. The van der Waals surface area contributed by atoms with Gasteiger partial charge in [0.2, 0.25) is 0 Å². The van der Waals surface area contributed by atoms with E-state index in [-0.39, 0.29) is 0 Å². The zero-order valence-corrected chi connectivity index (χ0v) is 11.9. The van der Waals surface area contributed by atoms with Gasteiger partial charge in [0.1, 0.15) is 5.82 Å². The zero-order chi connectivity index (χ0) is 13.4. The van der Waals surface area contributed by atoms with Crippen molar-refractivity contribution in [2.45, 2.75) is 57.9 Å². The first-order chi connectivity index (χ1) is 9.16. The third-order valence-corrected chi connectivity index (χ3v) is 4.23. The van der Waals surface area contributed by atoms with Gasteiger partial charge >= 0.3 is 0 Å². The summed E-state index contributed by atoms with van der Waals surface area (Å²) >= 11 is 0. The van der Waals surface area contributed by atoms with Crippen LogP contribution >= 0.6 is 0 Å². The largest absolute Gasteiger partial charge is 0.399 e. The molecule has 3 rings (SSSR count). The molecule has 0 saturated heterocycles. The van der Waals surface area contributed by atoms with E-state index in [1.54, 1.807) is 0 Å². The van der Waals surface area contributed by atoms with Crippen molar-refractivity contribution in [2.24, 2.45) is 0 Å². The number of nitrogens with two attached hydrogens (primary N) is 1. The van der Waals surface area contributed by atoms with Crippen LogP contribution in [0.15, 0.2) is 18.2 Å². The summed E-state index contributed by atoms with van der Waals surface area (Å²) in [6.45, 7) is 4.48. The third kappa shape index (κ3) is 2.22. The molecule has 2 N–H and O–H groups in total. The van der Waals surface area contributed by atoms with Gasteiger partial charge in [-0.05, 0) is 44.9 Å². The lowest BCUT2D eigenvalue weighted by atomic mass is 9.88. The summed E-state index contributed by atoms with van der Waals surface area (Å²) in [5.74, 6) is 1.90. The number of rotatable bonds is 2. The molecular formula is C16H23N3. The van der Waals surface area contributed by atoms with E-state index in [4.69, 9.17) is 10.7 Å². The number of benzene rings is 1. The van der Waals surface area contributed by atoms with Crippen LogP contribution in [-0.4, -0.2) is 9.55 Å². The molecule has 1 heterocycles. The van der Waals surface area contributed by atoms with Gasteiger partial charge in [-0.15, -0.1) is 0 Å². The lowest BCUT2D eigenvalue weighted by Crippen LogP contribution is -2.13. The maximum atomic E-state index is 5.89. The highest BCUT2D eigenvalue weighted by molar-refractivity contribution is 5.80. The second kappa shape index (κ2) is 4.87. The maximum absolute atomic E-state index is 5.89. The molecule has 1 aliphatic rings. The van der Waals surface area contributed by atoms with Crippen LogP contribution in [0.1, 0.15) is 63.7 Å². The SMILES string of the molecule is CC(C)n1c(C2CCCCC2)nc2cc(N)ccc21. The van der Waals surface area contributed by atoms with Crippen molar-refractivity contribution in [1.82, 2.24) is 9.55 Å². The van der Waals surface area contributed by atoms with Gasteiger partial charge in [0.25, 0.3) is 0 Å². The summed E-state index contributed by atoms with van der Waals surface area (Å²) in [6, 6.07) is 6.54. The number of fused-ring (bicyclic) bond motifs is 1. The van der Waals surface area contributed by atoms with Gasteiger partial charge in [0.05, 0.1) is 11.0 Å². The molecule has 0 unspecified atom stereocenters. The van der Waals surface area contributed by atoms with E-state index in [2.05, 4.69) is 24.5 Å². The van der Waals surface area contributed by atoms with Crippen LogP contribution in [0, 0.1) is 0 Å². The van der Waals surface area contributed by atoms with Crippen LogP contribution in [0.2, 0.25) is 0 Å². The van der Waals surface area contributed by atoms with Gasteiger partial charge in [0.15, 0.2) is 0 Å². The van der Waals surface area contributed by atoms with E-state index >= 15 is 0 Å². The molecule has 0 spiro atoms. The molecule has 1 fully saturated rings. The summed E-state index contributed by atoms with van der Waals surface area (Å²) in [7, 11) is 0. The smallest absolute Gasteiger partial charge is 0.113 e. The minimum atomic E-state index is 0.450. The number of imidazole rings is 1. The summed E-state index contributed by atoms with van der Waals surface area (Å²) in [4.78, 5) is 4.90. The average Bonchev–Trinajstić information content (AvgIpc) is 2.78. The molecule has 0 aliphatic heterocycles. The number of anilines is 1. The Morgan fingerprint density at radius 1 is 1.21 bits per heavy atom. The van der Waals surface area contributed by atoms with Crippen LogP contribution < -0.4 is 5.73 Å². The number of hydrogen-bond acceptors (Lipinski definition) is 2. The van der Waals surface area contributed by atoms with E-state index in [0.717, 1.165) is 11.2 Å². The number of nitrogens with zero attached hydrogens (tertiary/aromatic N) is 2. The van der Waals surface area contributed by atoms with Crippen molar-refractivity contribution in [3.8, 4) is 0 Å². The fourth-order valence-electron chi connectivity index (χ4n) is 3.33. The number of aromatic nitrogens is 2. The summed E-state index contributed by atoms with van der Waals surface area (Å²) < 4.78 is 2.41. The zero-order valence-electron chi connectivity index (χ0n) is 11.9. The van der Waals surface area contributed by atoms with E-state index in [1.165, 1.54) is 43.4 Å². The first-order valence-corrected chi connectivity index (χ1v) is 7.44. The fourth-order valence-corrected chi connectivity index (χ4v) is 3.33. The lowest BCUT2D eigenvalue weighted by molar-refractivity contribution is 0.409. The van der Waals surface area contributed by atoms with E-state index in [0.29, 0.717) is 12.0 Å². The van der Waals surface area contributed by atoms with Gasteiger partial charge in [0, 0.05) is 17.6 Å². The van der Waals surface area contributed by atoms with Crippen LogP contribution in [0.3, 0.4) is 0 Å². The lowest BCUT2D eigenvalue weighted by Gasteiger charge is -2.23. The van der Waals surface area contributed by atoms with Crippen molar-refractivity contribution in [2.75, 3.05) is 5.73 Å². The Morgan fingerprint density at radius 3 is 2.63 bits per heavy atom. The van der Waals surface area contributed by atoms with Gasteiger partial charge in [-0.3, -0.25) is 0 Å². The van der Waals surface area contributed by atoms with E-state index in [1.807, 2.05) is 12.1 Å².